The monoisotopic (exact) mass is 430 g/mol. The molecule has 2 aromatic rings. The molecular formula is C19H18N4O4S2. The molecule has 1 aliphatic carbocycles. The molecule has 1 aromatic heterocycles. The Morgan fingerprint density at radius 2 is 1.90 bits per heavy atom. The van der Waals surface area contributed by atoms with Gasteiger partial charge in [0.1, 0.15) is 0 Å². The largest absolute Gasteiger partial charge is 0.369 e. The molecule has 1 aromatic carbocycles. The first-order valence-corrected chi connectivity index (χ1v) is 11.6. The highest BCUT2D eigenvalue weighted by molar-refractivity contribution is 7.99. The van der Waals surface area contributed by atoms with Gasteiger partial charge in [-0.3, -0.25) is 14.6 Å². The number of benzene rings is 1. The van der Waals surface area contributed by atoms with E-state index in [0.717, 1.165) is 30.3 Å². The Bertz CT molecular complexity index is 1140. The number of thioether (sulfide) groups is 1. The van der Waals surface area contributed by atoms with Crippen LogP contribution in [0.15, 0.2) is 46.5 Å². The molecule has 0 amide bonds. The van der Waals surface area contributed by atoms with Gasteiger partial charge in [0.05, 0.1) is 40.8 Å². The standard InChI is InChI=1S/C19H18N4O4S2/c20-29(26,27)17-3-1-2-14-18(17)16(24)9-15(19(14)25)22-12-8-13(11-21-10-12)23-4-6-28-7-5-23/h1-3,8,10-11H,4-7,9H2,(H2,20,26,27). The van der Waals surface area contributed by atoms with Crippen LogP contribution >= 0.6 is 11.8 Å². The Kier molecular flexibility index (Phi) is 5.24. The summed E-state index contributed by atoms with van der Waals surface area (Å²) in [7, 11) is -4.13. The van der Waals surface area contributed by atoms with Crippen LogP contribution in [0.5, 0.6) is 0 Å². The topological polar surface area (TPSA) is 123 Å². The van der Waals surface area contributed by atoms with E-state index in [1.54, 1.807) is 6.20 Å². The minimum absolute atomic E-state index is 0.00342. The first-order chi connectivity index (χ1) is 13.8. The molecule has 10 heteroatoms. The smallest absolute Gasteiger partial charge is 0.238 e. The summed E-state index contributed by atoms with van der Waals surface area (Å²) in [6, 6.07) is 5.87. The van der Waals surface area contributed by atoms with E-state index in [-0.39, 0.29) is 28.2 Å². The van der Waals surface area contributed by atoms with E-state index in [2.05, 4.69) is 14.9 Å². The van der Waals surface area contributed by atoms with E-state index < -0.39 is 21.6 Å². The maximum absolute atomic E-state index is 12.9. The van der Waals surface area contributed by atoms with Gasteiger partial charge in [-0.15, -0.1) is 0 Å². The number of hydrogen-bond donors (Lipinski definition) is 1. The molecule has 8 nitrogen and oxygen atoms in total. The fraction of sp³-hybridized carbons (Fsp3) is 0.263. The summed E-state index contributed by atoms with van der Waals surface area (Å²) in [5.74, 6) is 1.09. The molecule has 1 aliphatic heterocycles. The molecule has 29 heavy (non-hydrogen) atoms. The number of carbonyl (C=O) groups excluding carboxylic acids is 2. The number of carbonyl (C=O) groups is 2. The fourth-order valence-electron chi connectivity index (χ4n) is 3.44. The van der Waals surface area contributed by atoms with Crippen molar-refractivity contribution in [3.63, 3.8) is 0 Å². The number of fused-ring (bicyclic) bond motifs is 1. The molecule has 1 fully saturated rings. The van der Waals surface area contributed by atoms with Crippen molar-refractivity contribution >= 4 is 50.4 Å². The lowest BCUT2D eigenvalue weighted by atomic mass is 9.88. The van der Waals surface area contributed by atoms with Crippen molar-refractivity contribution in [3.8, 4) is 0 Å². The van der Waals surface area contributed by atoms with Gasteiger partial charge >= 0.3 is 0 Å². The van der Waals surface area contributed by atoms with Crippen LogP contribution in [0, 0.1) is 0 Å². The molecule has 0 bridgehead atoms. The Hall–Kier alpha value is -2.56. The van der Waals surface area contributed by atoms with Crippen LogP contribution in [0.3, 0.4) is 0 Å². The van der Waals surface area contributed by atoms with Crippen LogP contribution in [-0.4, -0.2) is 55.3 Å². The summed E-state index contributed by atoms with van der Waals surface area (Å²) >= 11 is 1.90. The first-order valence-electron chi connectivity index (χ1n) is 8.93. The summed E-state index contributed by atoms with van der Waals surface area (Å²) in [5, 5.41) is 5.20. The van der Waals surface area contributed by atoms with Crippen molar-refractivity contribution in [2.45, 2.75) is 11.3 Å². The Balaban J connectivity index is 1.71. The second-order valence-electron chi connectivity index (χ2n) is 6.71. The van der Waals surface area contributed by atoms with Gasteiger partial charge in [0.25, 0.3) is 0 Å². The van der Waals surface area contributed by atoms with E-state index in [0.29, 0.717) is 5.69 Å². The quantitative estimate of drug-likeness (QED) is 0.788. The molecule has 2 aliphatic rings. The number of hydrogen-bond acceptors (Lipinski definition) is 8. The third-order valence-corrected chi connectivity index (χ3v) is 6.69. The number of Topliss-reactive ketones (excluding diaryl/α,β-unsaturated/α-hetero) is 2. The molecule has 1 saturated heterocycles. The molecule has 0 saturated carbocycles. The maximum atomic E-state index is 12.9. The van der Waals surface area contributed by atoms with Crippen molar-refractivity contribution < 1.29 is 18.0 Å². The van der Waals surface area contributed by atoms with Gasteiger partial charge in [0, 0.05) is 35.7 Å². The van der Waals surface area contributed by atoms with Crippen molar-refractivity contribution in [1.82, 2.24) is 4.98 Å². The van der Waals surface area contributed by atoms with Gasteiger partial charge in [-0.1, -0.05) is 12.1 Å². The summed E-state index contributed by atoms with van der Waals surface area (Å²) in [5.41, 5.74) is 1.30. The molecule has 0 atom stereocenters. The van der Waals surface area contributed by atoms with Gasteiger partial charge in [0.2, 0.25) is 15.8 Å². The van der Waals surface area contributed by atoms with E-state index in [9.17, 15) is 18.0 Å². The first kappa shape index (κ1) is 19.7. The second kappa shape index (κ2) is 7.69. The predicted molar refractivity (Wildman–Crippen MR) is 112 cm³/mol. The lowest BCUT2D eigenvalue weighted by Gasteiger charge is -2.28. The zero-order chi connectivity index (χ0) is 20.6. The van der Waals surface area contributed by atoms with Gasteiger partial charge in [-0.2, -0.15) is 11.8 Å². The number of anilines is 1. The van der Waals surface area contributed by atoms with Crippen LogP contribution in [0.2, 0.25) is 0 Å². The number of ketones is 2. The van der Waals surface area contributed by atoms with Crippen LogP contribution in [0.4, 0.5) is 11.4 Å². The number of nitrogens with zero attached hydrogens (tertiary/aromatic N) is 3. The van der Waals surface area contributed by atoms with Crippen molar-refractivity contribution in [2.24, 2.45) is 10.1 Å². The number of nitrogens with two attached hydrogens (primary N) is 1. The minimum Gasteiger partial charge on any atom is -0.369 e. The maximum Gasteiger partial charge on any atom is 0.238 e. The van der Waals surface area contributed by atoms with Crippen LogP contribution in [-0.2, 0) is 10.0 Å². The third-order valence-electron chi connectivity index (χ3n) is 4.80. The van der Waals surface area contributed by atoms with Crippen LogP contribution < -0.4 is 10.0 Å². The number of aliphatic imine (C=N–C) groups is 1. The average molecular weight is 431 g/mol. The number of aromatic nitrogens is 1. The van der Waals surface area contributed by atoms with E-state index in [4.69, 9.17) is 5.14 Å². The van der Waals surface area contributed by atoms with Gasteiger partial charge < -0.3 is 4.90 Å². The van der Waals surface area contributed by atoms with Crippen LogP contribution in [0.25, 0.3) is 0 Å². The van der Waals surface area contributed by atoms with Crippen molar-refractivity contribution in [2.75, 3.05) is 29.5 Å². The molecule has 4 rings (SSSR count). The lowest BCUT2D eigenvalue weighted by molar-refractivity contribution is 0.0962. The molecule has 2 N–H and O–H groups in total. The van der Waals surface area contributed by atoms with Crippen molar-refractivity contribution in [1.29, 1.82) is 0 Å². The molecule has 0 radical (unpaired) electrons. The molecular weight excluding hydrogens is 412 g/mol. The summed E-state index contributed by atoms with van der Waals surface area (Å²) in [6.07, 6.45) is 2.99. The van der Waals surface area contributed by atoms with E-state index in [1.807, 2.05) is 17.8 Å². The summed E-state index contributed by atoms with van der Waals surface area (Å²) in [4.78, 5) is 36.0. The molecule has 150 valence electrons. The normalized spacial score (nSPS) is 18.8. The minimum atomic E-state index is -4.13. The van der Waals surface area contributed by atoms with Gasteiger partial charge in [-0.25, -0.2) is 18.5 Å². The highest BCUT2D eigenvalue weighted by Gasteiger charge is 2.33. The number of pyridine rings is 1. The second-order valence-corrected chi connectivity index (χ2v) is 9.47. The number of sulfonamides is 1. The zero-order valence-electron chi connectivity index (χ0n) is 15.4. The van der Waals surface area contributed by atoms with Crippen molar-refractivity contribution in [3.05, 3.63) is 47.8 Å². The SMILES string of the molecule is NS(=O)(=O)c1cccc2c1C(=O)CC(=Nc1cncc(N3CCSCC3)c1)C2=O. The molecule has 0 unspecified atom stereocenters. The lowest BCUT2D eigenvalue weighted by Crippen LogP contribution is -2.32. The zero-order valence-corrected chi connectivity index (χ0v) is 17.0. The van der Waals surface area contributed by atoms with E-state index in [1.165, 1.54) is 24.4 Å². The summed E-state index contributed by atoms with van der Waals surface area (Å²) in [6.45, 7) is 1.82. The Morgan fingerprint density at radius 1 is 1.14 bits per heavy atom. The fourth-order valence-corrected chi connectivity index (χ4v) is 5.12. The predicted octanol–water partition coefficient (Wildman–Crippen LogP) is 1.82. The van der Waals surface area contributed by atoms with E-state index >= 15 is 0 Å². The summed E-state index contributed by atoms with van der Waals surface area (Å²) < 4.78 is 23.6. The van der Waals surface area contributed by atoms with Crippen LogP contribution in [0.1, 0.15) is 27.1 Å². The Labute approximate surface area is 172 Å². The van der Waals surface area contributed by atoms with Gasteiger partial charge in [0.15, 0.2) is 5.78 Å². The highest BCUT2D eigenvalue weighted by atomic mass is 32.2. The van der Waals surface area contributed by atoms with Gasteiger partial charge in [-0.05, 0) is 12.1 Å². The average Bonchev–Trinajstić information content (AvgIpc) is 2.71. The Morgan fingerprint density at radius 3 is 2.62 bits per heavy atom. The highest BCUT2D eigenvalue weighted by Crippen LogP contribution is 2.28. The number of rotatable bonds is 3. The third kappa shape index (κ3) is 3.96. The molecule has 2 heterocycles. The molecule has 0 spiro atoms. The number of primary sulfonamides is 1.